The van der Waals surface area contributed by atoms with Gasteiger partial charge >= 0.3 is 6.18 Å². The molecule has 7 rings (SSSR count). The Balaban J connectivity index is 0.918. The van der Waals surface area contributed by atoms with E-state index in [4.69, 9.17) is 14.2 Å². The number of hydrogen-bond acceptors (Lipinski definition) is 8. The van der Waals surface area contributed by atoms with E-state index in [-0.39, 0.29) is 18.7 Å². The summed E-state index contributed by atoms with van der Waals surface area (Å²) in [4.78, 5) is 24.4. The van der Waals surface area contributed by atoms with Crippen LogP contribution in [0.1, 0.15) is 22.3 Å². The van der Waals surface area contributed by atoms with Gasteiger partial charge in [-0.3, -0.25) is 9.69 Å². The Kier molecular flexibility index (Phi) is 9.79. The van der Waals surface area contributed by atoms with Crippen LogP contribution in [0.2, 0.25) is 0 Å². The molecule has 3 aliphatic rings. The predicted octanol–water partition coefficient (Wildman–Crippen LogP) is 6.47. The average Bonchev–Trinajstić information content (AvgIpc) is 3.82. The van der Waals surface area contributed by atoms with Gasteiger partial charge in [-0.1, -0.05) is 42.5 Å². The Bertz CT molecular complexity index is 1790. The van der Waals surface area contributed by atoms with Crippen molar-refractivity contribution in [2.45, 2.75) is 31.6 Å². The van der Waals surface area contributed by atoms with E-state index in [0.717, 1.165) is 60.6 Å². The molecule has 4 aromatic rings. The number of alkyl halides is 3. The molecule has 0 spiro atoms. The number of piperazine rings is 1. The molecule has 3 aliphatic heterocycles. The van der Waals surface area contributed by atoms with Gasteiger partial charge in [-0.2, -0.15) is 13.2 Å². The molecule has 260 valence electrons. The van der Waals surface area contributed by atoms with E-state index in [1.807, 2.05) is 47.4 Å². The van der Waals surface area contributed by atoms with Crippen molar-refractivity contribution in [3.05, 3.63) is 125 Å². The summed E-state index contributed by atoms with van der Waals surface area (Å²) in [5.41, 5.74) is 4.00. The number of carbonyl (C=O) groups is 1. The van der Waals surface area contributed by atoms with Gasteiger partial charge in [0.1, 0.15) is 12.0 Å². The highest BCUT2D eigenvalue weighted by molar-refractivity contribution is 5.83. The van der Waals surface area contributed by atoms with Crippen LogP contribution in [-0.4, -0.2) is 72.8 Å². The molecular formula is C38H38F3N5O4. The second kappa shape index (κ2) is 14.7. The summed E-state index contributed by atoms with van der Waals surface area (Å²) >= 11 is 0. The number of aromatic nitrogens is 1. The highest BCUT2D eigenvalue weighted by Crippen LogP contribution is 2.37. The molecule has 1 amide bonds. The number of ether oxygens (including phenoxy) is 3. The number of fused-ring (bicyclic) bond motifs is 1. The summed E-state index contributed by atoms with van der Waals surface area (Å²) in [6.07, 6.45) is 0.584. The molecule has 1 fully saturated rings. The quantitative estimate of drug-likeness (QED) is 0.193. The van der Waals surface area contributed by atoms with E-state index in [2.05, 4.69) is 32.2 Å². The number of amides is 1. The average molecular weight is 686 g/mol. The topological polar surface area (TPSA) is 79.4 Å². The predicted molar refractivity (Wildman–Crippen MR) is 183 cm³/mol. The van der Waals surface area contributed by atoms with Crippen LogP contribution in [0.5, 0.6) is 11.6 Å². The number of benzene rings is 3. The van der Waals surface area contributed by atoms with Crippen molar-refractivity contribution in [2.24, 2.45) is 0 Å². The zero-order valence-corrected chi connectivity index (χ0v) is 27.4. The van der Waals surface area contributed by atoms with E-state index >= 15 is 0 Å². The Hall–Kier alpha value is -5.23. The Morgan fingerprint density at radius 1 is 0.900 bits per heavy atom. The maximum atomic E-state index is 13.5. The van der Waals surface area contributed by atoms with Gasteiger partial charge in [-0.25, -0.2) is 4.98 Å². The molecule has 0 radical (unpaired) electrons. The zero-order chi connectivity index (χ0) is 34.5. The molecule has 4 heterocycles. The summed E-state index contributed by atoms with van der Waals surface area (Å²) in [7, 11) is 0. The summed E-state index contributed by atoms with van der Waals surface area (Å²) in [5, 5.41) is 3.12. The standard InChI is InChI=1S/C38H38F3N5O4/c39-38(40,41)29-10-12-30(13-11-29)42-22-28-9-14-36(43-23-28)50-34-8-4-7-32-31(34)15-16-46(32)24-37(47)45-19-17-44(18-20-45)33(35-25-48-26-49-35)21-27-5-2-1-3-6-27/h1-14,23,25,33,42H,15-22,24,26H2. The largest absolute Gasteiger partial charge is 0.462 e. The lowest BCUT2D eigenvalue weighted by Gasteiger charge is -2.39. The molecule has 1 atom stereocenters. The van der Waals surface area contributed by atoms with Crippen LogP contribution < -0.4 is 15.0 Å². The molecule has 3 aromatic carbocycles. The van der Waals surface area contributed by atoms with Gasteiger partial charge in [0.2, 0.25) is 18.6 Å². The molecule has 12 heteroatoms. The highest BCUT2D eigenvalue weighted by atomic mass is 19.4. The van der Waals surface area contributed by atoms with E-state index in [0.29, 0.717) is 50.0 Å². The third-order valence-corrected chi connectivity index (χ3v) is 9.33. The minimum atomic E-state index is -4.36. The molecule has 50 heavy (non-hydrogen) atoms. The Morgan fingerprint density at radius 3 is 2.40 bits per heavy atom. The minimum absolute atomic E-state index is 0.0519. The first-order valence-corrected chi connectivity index (χ1v) is 16.7. The maximum absolute atomic E-state index is 13.5. The maximum Gasteiger partial charge on any atom is 0.416 e. The number of anilines is 2. The molecule has 1 aromatic heterocycles. The number of nitrogens with zero attached hydrogens (tertiary/aromatic N) is 4. The van der Waals surface area contributed by atoms with E-state index in [1.165, 1.54) is 17.7 Å². The fourth-order valence-corrected chi connectivity index (χ4v) is 6.62. The van der Waals surface area contributed by atoms with Crippen LogP contribution in [0.3, 0.4) is 0 Å². The number of pyridine rings is 1. The number of carbonyl (C=O) groups excluding carboxylic acids is 1. The number of nitrogens with one attached hydrogen (secondary N) is 1. The van der Waals surface area contributed by atoms with Gasteiger partial charge < -0.3 is 29.3 Å². The molecule has 0 aliphatic carbocycles. The summed E-state index contributed by atoms with van der Waals surface area (Å²) < 4.78 is 55.9. The SMILES string of the molecule is O=C(CN1CCc2c(Oc3ccc(CNc4ccc(C(F)(F)F)cc4)cn3)cccc21)N1CCN(C(Cc2ccccc2)C2=COCO2)CC1. The Labute approximate surface area is 288 Å². The van der Waals surface area contributed by atoms with Crippen molar-refractivity contribution < 1.29 is 32.2 Å². The third kappa shape index (κ3) is 7.81. The molecule has 1 unspecified atom stereocenters. The van der Waals surface area contributed by atoms with Gasteiger partial charge in [0.05, 0.1) is 18.2 Å². The van der Waals surface area contributed by atoms with Crippen molar-refractivity contribution >= 4 is 17.3 Å². The number of rotatable bonds is 11. The monoisotopic (exact) mass is 685 g/mol. The lowest BCUT2D eigenvalue weighted by atomic mass is 10.0. The number of hydrogen-bond donors (Lipinski definition) is 1. The second-order valence-electron chi connectivity index (χ2n) is 12.5. The first kappa shape index (κ1) is 33.3. The molecule has 1 saturated heterocycles. The normalized spacial score (nSPS) is 16.7. The smallest absolute Gasteiger partial charge is 0.416 e. The third-order valence-electron chi connectivity index (χ3n) is 9.33. The van der Waals surface area contributed by atoms with E-state index < -0.39 is 11.7 Å². The molecular weight excluding hydrogens is 647 g/mol. The molecule has 1 N–H and O–H groups in total. The van der Waals surface area contributed by atoms with Crippen molar-refractivity contribution in [2.75, 3.05) is 56.3 Å². The van der Waals surface area contributed by atoms with Crippen LogP contribution in [0.4, 0.5) is 24.5 Å². The van der Waals surface area contributed by atoms with Crippen molar-refractivity contribution in [3.8, 4) is 11.6 Å². The first-order chi connectivity index (χ1) is 24.3. The van der Waals surface area contributed by atoms with E-state index in [9.17, 15) is 18.0 Å². The lowest BCUT2D eigenvalue weighted by molar-refractivity contribution is -0.137. The van der Waals surface area contributed by atoms with Crippen molar-refractivity contribution in [1.82, 2.24) is 14.8 Å². The van der Waals surface area contributed by atoms with Crippen LogP contribution in [0.15, 0.2) is 103 Å². The van der Waals surface area contributed by atoms with Crippen LogP contribution in [0, 0.1) is 0 Å². The highest BCUT2D eigenvalue weighted by Gasteiger charge is 2.33. The van der Waals surface area contributed by atoms with Crippen LogP contribution >= 0.6 is 0 Å². The fraction of sp³-hybridized carbons (Fsp3) is 0.316. The molecule has 0 saturated carbocycles. The lowest BCUT2D eigenvalue weighted by Crippen LogP contribution is -2.54. The fourth-order valence-electron chi connectivity index (χ4n) is 6.62. The zero-order valence-electron chi connectivity index (χ0n) is 27.4. The summed E-state index contributed by atoms with van der Waals surface area (Å²) in [6, 6.07) is 24.8. The van der Waals surface area contributed by atoms with Crippen molar-refractivity contribution in [1.29, 1.82) is 0 Å². The van der Waals surface area contributed by atoms with Gasteiger partial charge in [0, 0.05) is 68.5 Å². The van der Waals surface area contributed by atoms with Gasteiger partial charge in [-0.05, 0) is 60.4 Å². The molecule has 9 nitrogen and oxygen atoms in total. The van der Waals surface area contributed by atoms with Crippen LogP contribution in [-0.2, 0) is 39.8 Å². The second-order valence-corrected chi connectivity index (χ2v) is 12.5. The van der Waals surface area contributed by atoms with Crippen LogP contribution in [0.25, 0.3) is 0 Å². The van der Waals surface area contributed by atoms with Gasteiger partial charge in [0.25, 0.3) is 0 Å². The Morgan fingerprint density at radius 2 is 1.70 bits per heavy atom. The number of halogens is 3. The van der Waals surface area contributed by atoms with E-state index in [1.54, 1.807) is 18.5 Å². The molecule has 0 bridgehead atoms. The summed E-state index contributed by atoms with van der Waals surface area (Å²) in [5.74, 6) is 2.07. The first-order valence-electron chi connectivity index (χ1n) is 16.7. The minimum Gasteiger partial charge on any atom is -0.462 e. The van der Waals surface area contributed by atoms with Gasteiger partial charge in [-0.15, -0.1) is 0 Å². The summed E-state index contributed by atoms with van der Waals surface area (Å²) in [6.45, 7) is 4.42. The van der Waals surface area contributed by atoms with Crippen molar-refractivity contribution in [3.63, 3.8) is 0 Å². The van der Waals surface area contributed by atoms with Gasteiger partial charge in [0.15, 0.2) is 5.76 Å².